The van der Waals surface area contributed by atoms with E-state index in [0.29, 0.717) is 0 Å². The van der Waals surface area contributed by atoms with Crippen LogP contribution in [-0.2, 0) is 5.41 Å². The largest absolute Gasteiger partial charge is 0.468 e. The first-order valence-electron chi connectivity index (χ1n) is 8.12. The van der Waals surface area contributed by atoms with E-state index in [-0.39, 0.29) is 11.5 Å². The van der Waals surface area contributed by atoms with Crippen molar-refractivity contribution in [2.75, 3.05) is 34.2 Å². The molecule has 2 N–H and O–H groups in total. The first kappa shape index (κ1) is 18.5. The van der Waals surface area contributed by atoms with E-state index in [0.717, 1.165) is 24.8 Å². The summed E-state index contributed by atoms with van der Waals surface area (Å²) in [5.74, 6) is 1.75. The minimum absolute atomic E-state index is 0.0632. The molecule has 5 nitrogen and oxygen atoms in total. The van der Waals surface area contributed by atoms with Crippen LogP contribution in [0.15, 0.2) is 45.3 Å². The van der Waals surface area contributed by atoms with Gasteiger partial charge in [-0.25, -0.2) is 0 Å². The van der Waals surface area contributed by atoms with Crippen molar-refractivity contribution < 1.29 is 4.42 Å². The highest BCUT2D eigenvalue weighted by Crippen LogP contribution is 2.26. The standard InChI is InChI=1S/C18H28N4OS/c1-18(2,16-9-7-11-24-16)13-21-17(19-3)20-12-14(22(4)5)15-8-6-10-23-15/h6-11,14H,12-13H2,1-5H3,(H2,19,20,21). The van der Waals surface area contributed by atoms with E-state index >= 15 is 0 Å². The van der Waals surface area contributed by atoms with Crippen molar-refractivity contribution in [2.24, 2.45) is 4.99 Å². The summed E-state index contributed by atoms with van der Waals surface area (Å²) in [6.07, 6.45) is 1.71. The predicted octanol–water partition coefficient (Wildman–Crippen LogP) is 3.09. The lowest BCUT2D eigenvalue weighted by Crippen LogP contribution is -2.45. The lowest BCUT2D eigenvalue weighted by molar-refractivity contribution is 0.258. The molecule has 2 heterocycles. The van der Waals surface area contributed by atoms with Gasteiger partial charge in [0.1, 0.15) is 5.76 Å². The summed E-state index contributed by atoms with van der Waals surface area (Å²) < 4.78 is 5.55. The Hall–Kier alpha value is -1.79. The topological polar surface area (TPSA) is 52.8 Å². The Morgan fingerprint density at radius 2 is 2.08 bits per heavy atom. The fraction of sp³-hybridized carbons (Fsp3) is 0.500. The minimum atomic E-state index is 0.0632. The molecule has 0 saturated heterocycles. The number of nitrogens with zero attached hydrogens (tertiary/aromatic N) is 2. The summed E-state index contributed by atoms with van der Waals surface area (Å²) in [7, 11) is 5.89. The van der Waals surface area contributed by atoms with Gasteiger partial charge < -0.3 is 15.1 Å². The Kier molecular flexibility index (Phi) is 6.45. The highest BCUT2D eigenvalue weighted by atomic mass is 32.1. The second kappa shape index (κ2) is 8.35. The fourth-order valence-corrected chi connectivity index (χ4v) is 3.34. The van der Waals surface area contributed by atoms with Crippen molar-refractivity contribution in [2.45, 2.75) is 25.3 Å². The van der Waals surface area contributed by atoms with Crippen LogP contribution in [0.5, 0.6) is 0 Å². The summed E-state index contributed by atoms with van der Waals surface area (Å²) in [4.78, 5) is 7.84. The van der Waals surface area contributed by atoms with E-state index in [9.17, 15) is 0 Å². The normalized spacial score (nSPS) is 14.0. The third-order valence-electron chi connectivity index (χ3n) is 4.07. The number of aliphatic imine (C=N–C) groups is 1. The van der Waals surface area contributed by atoms with Gasteiger partial charge in [0.15, 0.2) is 5.96 Å². The summed E-state index contributed by atoms with van der Waals surface area (Å²) in [5, 5.41) is 8.95. The van der Waals surface area contributed by atoms with Crippen LogP contribution in [0.2, 0.25) is 0 Å². The molecule has 2 aromatic rings. The molecule has 0 spiro atoms. The Labute approximate surface area is 148 Å². The Balaban J connectivity index is 1.90. The molecule has 0 aliphatic rings. The highest BCUT2D eigenvalue weighted by molar-refractivity contribution is 7.10. The zero-order valence-corrected chi connectivity index (χ0v) is 16.0. The first-order valence-corrected chi connectivity index (χ1v) is 9.00. The number of thiophene rings is 1. The van der Waals surface area contributed by atoms with E-state index < -0.39 is 0 Å². The van der Waals surface area contributed by atoms with Crippen LogP contribution in [0.3, 0.4) is 0 Å². The molecule has 0 amide bonds. The molecule has 24 heavy (non-hydrogen) atoms. The van der Waals surface area contributed by atoms with Gasteiger partial charge in [-0.05, 0) is 37.7 Å². The third-order valence-corrected chi connectivity index (χ3v) is 5.30. The number of rotatable bonds is 7. The van der Waals surface area contributed by atoms with Gasteiger partial charge in [-0.3, -0.25) is 9.89 Å². The SMILES string of the molecule is CN=C(NCC(c1ccco1)N(C)C)NCC(C)(C)c1cccs1. The van der Waals surface area contributed by atoms with E-state index in [1.165, 1.54) is 4.88 Å². The zero-order chi connectivity index (χ0) is 17.6. The zero-order valence-electron chi connectivity index (χ0n) is 15.2. The van der Waals surface area contributed by atoms with Gasteiger partial charge in [-0.2, -0.15) is 0 Å². The van der Waals surface area contributed by atoms with Crippen LogP contribution >= 0.6 is 11.3 Å². The minimum Gasteiger partial charge on any atom is -0.468 e. The molecule has 1 unspecified atom stereocenters. The van der Waals surface area contributed by atoms with Gasteiger partial charge in [0.05, 0.1) is 12.3 Å². The van der Waals surface area contributed by atoms with E-state index in [1.807, 2.05) is 26.2 Å². The molecular weight excluding hydrogens is 320 g/mol. The number of likely N-dealkylation sites (N-methyl/N-ethyl adjacent to an activating group) is 1. The van der Waals surface area contributed by atoms with Crippen LogP contribution in [0.4, 0.5) is 0 Å². The van der Waals surface area contributed by atoms with Gasteiger partial charge in [0.2, 0.25) is 0 Å². The van der Waals surface area contributed by atoms with Gasteiger partial charge in [0.25, 0.3) is 0 Å². The van der Waals surface area contributed by atoms with Crippen molar-refractivity contribution in [1.82, 2.24) is 15.5 Å². The van der Waals surface area contributed by atoms with Gasteiger partial charge in [0, 0.05) is 30.4 Å². The Morgan fingerprint density at radius 1 is 1.29 bits per heavy atom. The lowest BCUT2D eigenvalue weighted by Gasteiger charge is -2.27. The van der Waals surface area contributed by atoms with Crippen molar-refractivity contribution in [3.05, 3.63) is 46.5 Å². The van der Waals surface area contributed by atoms with E-state index in [4.69, 9.17) is 4.42 Å². The monoisotopic (exact) mass is 348 g/mol. The number of hydrogen-bond donors (Lipinski definition) is 2. The molecule has 0 aromatic carbocycles. The van der Waals surface area contributed by atoms with E-state index in [2.05, 4.69) is 51.9 Å². The third kappa shape index (κ3) is 4.85. The Bertz CT molecular complexity index is 618. The summed E-state index contributed by atoms with van der Waals surface area (Å²) in [6, 6.07) is 8.36. The quantitative estimate of drug-likeness (QED) is 0.596. The second-order valence-electron chi connectivity index (χ2n) is 6.66. The molecule has 0 radical (unpaired) electrons. The average molecular weight is 349 g/mol. The summed E-state index contributed by atoms with van der Waals surface area (Å²) in [6.45, 7) is 6.02. The molecule has 0 fully saturated rings. The molecular formula is C18H28N4OS. The van der Waals surface area contributed by atoms with E-state index in [1.54, 1.807) is 24.6 Å². The maximum Gasteiger partial charge on any atom is 0.191 e. The fourth-order valence-electron chi connectivity index (χ4n) is 2.49. The smallest absolute Gasteiger partial charge is 0.191 e. The highest BCUT2D eigenvalue weighted by Gasteiger charge is 2.22. The van der Waals surface area contributed by atoms with Crippen molar-refractivity contribution in [3.8, 4) is 0 Å². The molecule has 2 rings (SSSR count). The Morgan fingerprint density at radius 3 is 2.62 bits per heavy atom. The second-order valence-corrected chi connectivity index (χ2v) is 7.61. The van der Waals surface area contributed by atoms with Crippen LogP contribution in [0.25, 0.3) is 0 Å². The lowest BCUT2D eigenvalue weighted by atomic mass is 9.91. The first-order chi connectivity index (χ1) is 11.4. The predicted molar refractivity (Wildman–Crippen MR) is 102 cm³/mol. The van der Waals surface area contributed by atoms with Crippen LogP contribution in [0, 0.1) is 0 Å². The average Bonchev–Trinajstić information content (AvgIpc) is 3.23. The number of hydrogen-bond acceptors (Lipinski definition) is 4. The molecule has 2 aromatic heterocycles. The van der Waals surface area contributed by atoms with Crippen molar-refractivity contribution >= 4 is 17.3 Å². The van der Waals surface area contributed by atoms with Crippen molar-refractivity contribution in [3.63, 3.8) is 0 Å². The molecule has 0 aliphatic carbocycles. The van der Waals surface area contributed by atoms with Crippen LogP contribution < -0.4 is 10.6 Å². The van der Waals surface area contributed by atoms with Crippen molar-refractivity contribution in [1.29, 1.82) is 0 Å². The number of nitrogens with one attached hydrogen (secondary N) is 2. The summed E-state index contributed by atoms with van der Waals surface area (Å²) in [5.41, 5.74) is 0.0632. The van der Waals surface area contributed by atoms with Gasteiger partial charge in [-0.1, -0.05) is 19.9 Å². The maximum atomic E-state index is 5.55. The molecule has 132 valence electrons. The van der Waals surface area contributed by atoms with Crippen LogP contribution in [-0.4, -0.2) is 45.1 Å². The molecule has 0 bridgehead atoms. The molecule has 0 saturated carbocycles. The number of guanidine groups is 1. The molecule has 0 aliphatic heterocycles. The summed E-state index contributed by atoms with van der Waals surface area (Å²) >= 11 is 1.79. The number of furan rings is 1. The van der Waals surface area contributed by atoms with Gasteiger partial charge in [-0.15, -0.1) is 11.3 Å². The molecule has 6 heteroatoms. The van der Waals surface area contributed by atoms with Gasteiger partial charge >= 0.3 is 0 Å². The van der Waals surface area contributed by atoms with Crippen LogP contribution in [0.1, 0.15) is 30.5 Å². The molecule has 1 atom stereocenters. The maximum absolute atomic E-state index is 5.55.